The van der Waals surface area contributed by atoms with Crippen LogP contribution in [0.5, 0.6) is 17.2 Å². The van der Waals surface area contributed by atoms with Crippen LogP contribution in [0, 0.1) is 0 Å². The lowest BCUT2D eigenvalue weighted by Crippen LogP contribution is -2.43. The SMILES string of the molecule is COc1cc(C(C)=O)c(O)c(CN2CCNCC2)c1OC. The zero-order valence-electron chi connectivity index (χ0n) is 12.7. The Balaban J connectivity index is 2.44. The largest absolute Gasteiger partial charge is 0.507 e. The molecular formula is C15H22N2O4. The second-order valence-electron chi connectivity index (χ2n) is 5.07. The van der Waals surface area contributed by atoms with Crippen LogP contribution in [0.25, 0.3) is 0 Å². The van der Waals surface area contributed by atoms with Gasteiger partial charge in [-0.15, -0.1) is 0 Å². The lowest BCUT2D eigenvalue weighted by molar-refractivity contribution is 0.101. The van der Waals surface area contributed by atoms with Gasteiger partial charge < -0.3 is 19.9 Å². The van der Waals surface area contributed by atoms with Crippen LogP contribution in [-0.4, -0.2) is 56.2 Å². The molecule has 116 valence electrons. The van der Waals surface area contributed by atoms with Crippen molar-refractivity contribution in [3.8, 4) is 17.2 Å². The molecule has 21 heavy (non-hydrogen) atoms. The lowest BCUT2D eigenvalue weighted by atomic mass is 10.0. The summed E-state index contributed by atoms with van der Waals surface area (Å²) in [7, 11) is 3.05. The van der Waals surface area contributed by atoms with Crippen molar-refractivity contribution < 1.29 is 19.4 Å². The number of carbonyl (C=O) groups is 1. The van der Waals surface area contributed by atoms with Crippen LogP contribution in [0.15, 0.2) is 6.07 Å². The maximum atomic E-state index is 11.7. The molecule has 0 aliphatic carbocycles. The maximum Gasteiger partial charge on any atom is 0.168 e. The molecule has 0 radical (unpaired) electrons. The molecule has 0 atom stereocenters. The Kier molecular flexibility index (Phi) is 5.03. The van der Waals surface area contributed by atoms with Crippen molar-refractivity contribution in [2.24, 2.45) is 0 Å². The third-order valence-electron chi connectivity index (χ3n) is 3.71. The molecule has 6 heteroatoms. The summed E-state index contributed by atoms with van der Waals surface area (Å²) in [6.45, 7) is 5.54. The Labute approximate surface area is 124 Å². The van der Waals surface area contributed by atoms with Gasteiger partial charge in [0.05, 0.1) is 25.3 Å². The van der Waals surface area contributed by atoms with Gasteiger partial charge in [-0.1, -0.05) is 0 Å². The highest BCUT2D eigenvalue weighted by Gasteiger charge is 2.23. The standard InChI is InChI=1S/C15H22N2O4/c1-10(18)11-8-13(20-2)15(21-3)12(14(11)19)9-17-6-4-16-5-7-17/h8,16,19H,4-7,9H2,1-3H3. The second-order valence-corrected chi connectivity index (χ2v) is 5.07. The summed E-state index contributed by atoms with van der Waals surface area (Å²) in [6, 6.07) is 1.53. The van der Waals surface area contributed by atoms with Crippen LogP contribution in [0.2, 0.25) is 0 Å². The summed E-state index contributed by atoms with van der Waals surface area (Å²) in [5.74, 6) is 0.734. The van der Waals surface area contributed by atoms with Crippen LogP contribution in [0.4, 0.5) is 0 Å². The van der Waals surface area contributed by atoms with E-state index < -0.39 is 0 Å². The van der Waals surface area contributed by atoms with Crippen molar-refractivity contribution in [1.29, 1.82) is 0 Å². The minimum Gasteiger partial charge on any atom is -0.507 e. The van der Waals surface area contributed by atoms with E-state index >= 15 is 0 Å². The maximum absolute atomic E-state index is 11.7. The van der Waals surface area contributed by atoms with Gasteiger partial charge in [0.1, 0.15) is 5.75 Å². The average molecular weight is 294 g/mol. The van der Waals surface area contributed by atoms with E-state index in [9.17, 15) is 9.90 Å². The fraction of sp³-hybridized carbons (Fsp3) is 0.533. The molecule has 0 saturated carbocycles. The molecule has 2 rings (SSSR count). The molecular weight excluding hydrogens is 272 g/mol. The Morgan fingerprint density at radius 3 is 2.52 bits per heavy atom. The first kappa shape index (κ1) is 15.6. The lowest BCUT2D eigenvalue weighted by Gasteiger charge is -2.28. The highest BCUT2D eigenvalue weighted by atomic mass is 16.5. The predicted octanol–water partition coefficient (Wildman–Crippen LogP) is 1.02. The Bertz CT molecular complexity index is 525. The Hall–Kier alpha value is -1.79. The smallest absolute Gasteiger partial charge is 0.168 e. The van der Waals surface area contributed by atoms with Crippen molar-refractivity contribution >= 4 is 5.78 Å². The van der Waals surface area contributed by atoms with Gasteiger partial charge in [-0.05, 0) is 13.0 Å². The van der Waals surface area contributed by atoms with E-state index in [1.54, 1.807) is 0 Å². The van der Waals surface area contributed by atoms with Gasteiger partial charge in [0.15, 0.2) is 17.3 Å². The summed E-state index contributed by atoms with van der Waals surface area (Å²) in [4.78, 5) is 13.9. The Morgan fingerprint density at radius 2 is 2.00 bits per heavy atom. The van der Waals surface area contributed by atoms with E-state index in [-0.39, 0.29) is 17.1 Å². The van der Waals surface area contributed by atoms with Gasteiger partial charge in [-0.25, -0.2) is 0 Å². The van der Waals surface area contributed by atoms with Crippen molar-refractivity contribution in [2.75, 3.05) is 40.4 Å². The number of ketones is 1. The molecule has 0 spiro atoms. The number of nitrogens with one attached hydrogen (secondary N) is 1. The summed E-state index contributed by atoms with van der Waals surface area (Å²) < 4.78 is 10.7. The number of nitrogens with zero attached hydrogens (tertiary/aromatic N) is 1. The van der Waals surface area contributed by atoms with Crippen LogP contribution >= 0.6 is 0 Å². The fourth-order valence-electron chi connectivity index (χ4n) is 2.57. The van der Waals surface area contributed by atoms with Gasteiger partial charge in [0, 0.05) is 32.7 Å². The molecule has 1 aliphatic rings. The van der Waals surface area contributed by atoms with Crippen LogP contribution < -0.4 is 14.8 Å². The van der Waals surface area contributed by atoms with Gasteiger partial charge in [0.25, 0.3) is 0 Å². The molecule has 1 saturated heterocycles. The number of rotatable bonds is 5. The first-order valence-electron chi connectivity index (χ1n) is 6.99. The van der Waals surface area contributed by atoms with Gasteiger partial charge in [-0.3, -0.25) is 9.69 Å². The fourth-order valence-corrected chi connectivity index (χ4v) is 2.57. The third kappa shape index (κ3) is 3.28. The monoisotopic (exact) mass is 294 g/mol. The molecule has 1 aromatic rings. The number of phenolic OH excluding ortho intramolecular Hbond substituents is 1. The second kappa shape index (κ2) is 6.78. The number of hydrogen-bond donors (Lipinski definition) is 2. The van der Waals surface area contributed by atoms with Crippen molar-refractivity contribution in [2.45, 2.75) is 13.5 Å². The topological polar surface area (TPSA) is 71.0 Å². The number of methoxy groups -OCH3 is 2. The predicted molar refractivity (Wildman–Crippen MR) is 79.4 cm³/mol. The summed E-state index contributed by atoms with van der Waals surface area (Å²) in [5.41, 5.74) is 0.863. The van der Waals surface area contributed by atoms with Crippen molar-refractivity contribution in [1.82, 2.24) is 10.2 Å². The molecule has 2 N–H and O–H groups in total. The highest BCUT2D eigenvalue weighted by Crippen LogP contribution is 2.40. The van der Waals surface area contributed by atoms with E-state index in [4.69, 9.17) is 9.47 Å². The normalized spacial score (nSPS) is 15.8. The molecule has 0 unspecified atom stereocenters. The third-order valence-corrected chi connectivity index (χ3v) is 3.71. The number of carbonyl (C=O) groups excluding carboxylic acids is 1. The first-order valence-corrected chi connectivity index (χ1v) is 6.99. The molecule has 0 amide bonds. The van der Waals surface area contributed by atoms with E-state index in [1.807, 2.05) is 0 Å². The van der Waals surface area contributed by atoms with Gasteiger partial charge in [0.2, 0.25) is 0 Å². The molecule has 1 aromatic carbocycles. The summed E-state index contributed by atoms with van der Waals surface area (Å²) in [6.07, 6.45) is 0. The quantitative estimate of drug-likeness (QED) is 0.790. The number of phenols is 1. The van der Waals surface area contributed by atoms with Crippen LogP contribution in [0.3, 0.4) is 0 Å². The van der Waals surface area contributed by atoms with E-state index in [1.165, 1.54) is 27.2 Å². The minimum atomic E-state index is -0.199. The van der Waals surface area contributed by atoms with E-state index in [0.29, 0.717) is 23.6 Å². The Morgan fingerprint density at radius 1 is 1.33 bits per heavy atom. The molecule has 1 fully saturated rings. The van der Waals surface area contributed by atoms with Crippen LogP contribution in [-0.2, 0) is 6.54 Å². The number of hydrogen-bond acceptors (Lipinski definition) is 6. The zero-order valence-corrected chi connectivity index (χ0v) is 12.7. The van der Waals surface area contributed by atoms with Crippen molar-refractivity contribution in [3.63, 3.8) is 0 Å². The number of aromatic hydroxyl groups is 1. The first-order chi connectivity index (χ1) is 10.1. The number of benzene rings is 1. The number of ether oxygens (including phenoxy) is 2. The minimum absolute atomic E-state index is 0.0151. The number of piperazine rings is 1. The van der Waals surface area contributed by atoms with Crippen molar-refractivity contribution in [3.05, 3.63) is 17.2 Å². The van der Waals surface area contributed by atoms with Gasteiger partial charge >= 0.3 is 0 Å². The highest BCUT2D eigenvalue weighted by molar-refractivity contribution is 5.98. The van der Waals surface area contributed by atoms with Crippen LogP contribution in [0.1, 0.15) is 22.8 Å². The molecule has 0 aromatic heterocycles. The molecule has 1 aliphatic heterocycles. The van der Waals surface area contributed by atoms with E-state index in [0.717, 1.165) is 26.2 Å². The molecule has 6 nitrogen and oxygen atoms in total. The average Bonchev–Trinajstić information content (AvgIpc) is 2.49. The summed E-state index contributed by atoms with van der Waals surface area (Å²) >= 11 is 0. The molecule has 1 heterocycles. The molecule has 0 bridgehead atoms. The van der Waals surface area contributed by atoms with E-state index in [2.05, 4.69) is 10.2 Å². The van der Waals surface area contributed by atoms with Gasteiger partial charge in [-0.2, -0.15) is 0 Å². The number of Topliss-reactive ketones (excluding diaryl/α,β-unsaturated/α-hetero) is 1. The zero-order chi connectivity index (χ0) is 15.4. The summed E-state index contributed by atoms with van der Waals surface area (Å²) in [5, 5.41) is 13.7.